The molecule has 1 N–H and O–H groups in total. The lowest BCUT2D eigenvalue weighted by molar-refractivity contribution is -0.385. The molecule has 0 aromatic heterocycles. The Kier molecular flexibility index (Phi) is 4.49. The van der Waals surface area contributed by atoms with Crippen LogP contribution in [0.3, 0.4) is 0 Å². The van der Waals surface area contributed by atoms with Gasteiger partial charge in [0.15, 0.2) is 11.6 Å². The molecule has 0 aliphatic heterocycles. The van der Waals surface area contributed by atoms with E-state index in [1.807, 2.05) is 0 Å². The summed E-state index contributed by atoms with van der Waals surface area (Å²) in [7, 11) is 0. The van der Waals surface area contributed by atoms with Gasteiger partial charge in [0, 0.05) is 5.56 Å². The average Bonchev–Trinajstić information content (AvgIpc) is 2.48. The number of rotatable bonds is 5. The van der Waals surface area contributed by atoms with E-state index in [4.69, 9.17) is 9.84 Å². The number of aliphatic hydroxyl groups excluding tert-OH is 1. The van der Waals surface area contributed by atoms with Crippen molar-refractivity contribution in [1.29, 1.82) is 0 Å². The number of ether oxygens (including phenoxy) is 1. The minimum atomic E-state index is -0.765. The van der Waals surface area contributed by atoms with Crippen LogP contribution in [0.15, 0.2) is 36.4 Å². The van der Waals surface area contributed by atoms with Crippen LogP contribution >= 0.6 is 0 Å². The van der Waals surface area contributed by atoms with Crippen LogP contribution in [0.2, 0.25) is 0 Å². The Balaban J connectivity index is 2.12. The number of nitro groups is 1. The van der Waals surface area contributed by atoms with E-state index in [1.54, 1.807) is 24.3 Å². The van der Waals surface area contributed by atoms with Gasteiger partial charge in [-0.2, -0.15) is 0 Å². The van der Waals surface area contributed by atoms with Gasteiger partial charge >= 0.3 is 0 Å². The molecule has 2 aromatic rings. The Morgan fingerprint density at radius 3 is 2.43 bits per heavy atom. The van der Waals surface area contributed by atoms with Gasteiger partial charge in [0.05, 0.1) is 17.6 Å². The zero-order valence-corrected chi connectivity index (χ0v) is 11.4. The van der Waals surface area contributed by atoms with Crippen molar-refractivity contribution >= 4 is 5.69 Å². The summed E-state index contributed by atoms with van der Waals surface area (Å²) in [6.07, 6.45) is 0. The van der Waals surface area contributed by atoms with Crippen LogP contribution in [0.1, 0.15) is 16.7 Å². The number of hydrogen-bond acceptors (Lipinski definition) is 4. The monoisotopic (exact) mass is 291 g/mol. The van der Waals surface area contributed by atoms with Crippen LogP contribution in [0.25, 0.3) is 0 Å². The van der Waals surface area contributed by atoms with E-state index in [2.05, 4.69) is 0 Å². The van der Waals surface area contributed by atoms with Crippen molar-refractivity contribution in [3.63, 3.8) is 0 Å². The molecule has 0 fully saturated rings. The number of nitrogens with zero attached hydrogens (tertiary/aromatic N) is 1. The van der Waals surface area contributed by atoms with Crippen LogP contribution in [-0.2, 0) is 13.2 Å². The Bertz CT molecular complexity index is 655. The quantitative estimate of drug-likeness (QED) is 0.678. The molecule has 0 aliphatic carbocycles. The minimum Gasteiger partial charge on any atom is -0.486 e. The van der Waals surface area contributed by atoms with Crippen LogP contribution in [0, 0.1) is 22.9 Å². The molecule has 0 unspecified atom stereocenters. The van der Waals surface area contributed by atoms with Crippen molar-refractivity contribution in [3.8, 4) is 5.75 Å². The highest BCUT2D eigenvalue weighted by Crippen LogP contribution is 2.27. The number of aliphatic hydroxyl groups is 1. The van der Waals surface area contributed by atoms with E-state index < -0.39 is 10.7 Å². The SMILES string of the molecule is Cc1cc(OCc2ccc(CO)cc2)c(F)cc1[N+](=O)[O-]. The second-order valence-electron chi connectivity index (χ2n) is 4.59. The van der Waals surface area contributed by atoms with Crippen LogP contribution in [-0.4, -0.2) is 10.0 Å². The van der Waals surface area contributed by atoms with Crippen LogP contribution in [0.4, 0.5) is 10.1 Å². The molecule has 0 aliphatic rings. The summed E-state index contributed by atoms with van der Waals surface area (Å²) in [6, 6.07) is 9.20. The summed E-state index contributed by atoms with van der Waals surface area (Å²) < 4.78 is 19.1. The fraction of sp³-hybridized carbons (Fsp3) is 0.200. The van der Waals surface area contributed by atoms with Crippen molar-refractivity contribution in [2.24, 2.45) is 0 Å². The Morgan fingerprint density at radius 2 is 1.86 bits per heavy atom. The van der Waals surface area contributed by atoms with E-state index in [9.17, 15) is 14.5 Å². The molecule has 2 aromatic carbocycles. The third-order valence-electron chi connectivity index (χ3n) is 3.05. The highest BCUT2D eigenvalue weighted by atomic mass is 19.1. The first kappa shape index (κ1) is 14.9. The van der Waals surface area contributed by atoms with E-state index in [1.165, 1.54) is 13.0 Å². The highest BCUT2D eigenvalue weighted by molar-refractivity contribution is 5.45. The molecule has 0 saturated heterocycles. The van der Waals surface area contributed by atoms with Crippen LogP contribution < -0.4 is 4.74 Å². The number of halogens is 1. The molecule has 5 nitrogen and oxygen atoms in total. The summed E-state index contributed by atoms with van der Waals surface area (Å²) in [4.78, 5) is 10.1. The first-order valence-electron chi connectivity index (χ1n) is 6.27. The maximum absolute atomic E-state index is 13.7. The molecule has 0 amide bonds. The van der Waals surface area contributed by atoms with Gasteiger partial charge in [-0.1, -0.05) is 24.3 Å². The topological polar surface area (TPSA) is 72.6 Å². The first-order valence-corrected chi connectivity index (χ1v) is 6.27. The molecule has 0 spiro atoms. The predicted octanol–water partition coefficient (Wildman–Crippen LogP) is 3.11. The number of aryl methyl sites for hydroxylation is 1. The maximum Gasteiger partial charge on any atom is 0.275 e. The second-order valence-corrected chi connectivity index (χ2v) is 4.59. The third kappa shape index (κ3) is 3.55. The van der Waals surface area contributed by atoms with Gasteiger partial charge in [0.1, 0.15) is 6.61 Å². The van der Waals surface area contributed by atoms with Gasteiger partial charge in [0.2, 0.25) is 0 Å². The zero-order chi connectivity index (χ0) is 15.4. The van der Waals surface area contributed by atoms with Gasteiger partial charge < -0.3 is 9.84 Å². The average molecular weight is 291 g/mol. The van der Waals surface area contributed by atoms with E-state index >= 15 is 0 Å². The predicted molar refractivity (Wildman–Crippen MR) is 74.5 cm³/mol. The van der Waals surface area contributed by atoms with Gasteiger partial charge in [-0.05, 0) is 24.1 Å². The summed E-state index contributed by atoms with van der Waals surface area (Å²) in [5.74, 6) is -0.788. The summed E-state index contributed by atoms with van der Waals surface area (Å²) in [5, 5.41) is 19.6. The molecular formula is C15H14FNO4. The van der Waals surface area contributed by atoms with Gasteiger partial charge in [-0.25, -0.2) is 4.39 Å². The number of hydrogen-bond donors (Lipinski definition) is 1. The molecule has 0 saturated carbocycles. The largest absolute Gasteiger partial charge is 0.486 e. The molecule has 0 heterocycles. The second kappa shape index (κ2) is 6.32. The normalized spacial score (nSPS) is 10.4. The smallest absolute Gasteiger partial charge is 0.275 e. The molecular weight excluding hydrogens is 277 g/mol. The molecule has 0 atom stereocenters. The standard InChI is InChI=1S/C15H14FNO4/c1-10-6-15(13(16)7-14(10)17(19)20)21-9-12-4-2-11(8-18)3-5-12/h2-7,18H,8-9H2,1H3. The molecule has 0 radical (unpaired) electrons. The molecule has 0 bridgehead atoms. The van der Waals surface area contributed by atoms with E-state index in [0.717, 1.165) is 17.2 Å². The summed E-state index contributed by atoms with van der Waals surface area (Å²) >= 11 is 0. The maximum atomic E-state index is 13.7. The minimum absolute atomic E-state index is 0.0238. The zero-order valence-electron chi connectivity index (χ0n) is 11.4. The van der Waals surface area contributed by atoms with Gasteiger partial charge in [0.25, 0.3) is 5.69 Å². The van der Waals surface area contributed by atoms with Crippen molar-refractivity contribution < 1.29 is 19.2 Å². The molecule has 110 valence electrons. The highest BCUT2D eigenvalue weighted by Gasteiger charge is 2.16. The van der Waals surface area contributed by atoms with Gasteiger partial charge in [-0.3, -0.25) is 10.1 Å². The van der Waals surface area contributed by atoms with Crippen molar-refractivity contribution in [2.45, 2.75) is 20.1 Å². The Hall–Kier alpha value is -2.47. The first-order chi connectivity index (χ1) is 10.0. The fourth-order valence-corrected chi connectivity index (χ4v) is 1.85. The molecule has 6 heteroatoms. The fourth-order valence-electron chi connectivity index (χ4n) is 1.85. The van der Waals surface area contributed by atoms with E-state index in [-0.39, 0.29) is 24.7 Å². The van der Waals surface area contributed by atoms with Gasteiger partial charge in [-0.15, -0.1) is 0 Å². The molecule has 21 heavy (non-hydrogen) atoms. The molecule has 2 rings (SSSR count). The lowest BCUT2D eigenvalue weighted by atomic mass is 10.1. The third-order valence-corrected chi connectivity index (χ3v) is 3.05. The van der Waals surface area contributed by atoms with Crippen molar-refractivity contribution in [1.82, 2.24) is 0 Å². The Labute approximate surface area is 120 Å². The lowest BCUT2D eigenvalue weighted by Crippen LogP contribution is -2.00. The van der Waals surface area contributed by atoms with Crippen molar-refractivity contribution in [3.05, 3.63) is 69.0 Å². The summed E-state index contributed by atoms with van der Waals surface area (Å²) in [5.41, 5.74) is 1.65. The van der Waals surface area contributed by atoms with E-state index in [0.29, 0.717) is 5.56 Å². The lowest BCUT2D eigenvalue weighted by Gasteiger charge is -2.09. The Morgan fingerprint density at radius 1 is 1.24 bits per heavy atom. The number of benzene rings is 2. The number of nitro benzene ring substituents is 1. The van der Waals surface area contributed by atoms with Crippen molar-refractivity contribution in [2.75, 3.05) is 0 Å². The van der Waals surface area contributed by atoms with Crippen LogP contribution in [0.5, 0.6) is 5.75 Å². The summed E-state index contributed by atoms with van der Waals surface area (Å²) in [6.45, 7) is 1.62.